The topological polar surface area (TPSA) is 55.8 Å². The lowest BCUT2D eigenvalue weighted by molar-refractivity contribution is -0.229. The minimum Gasteiger partial charge on any atom is -0.466 e. The maximum atomic E-state index is 12.0. The molecule has 1 aliphatic heterocycles. The third-order valence-corrected chi connectivity index (χ3v) is 3.50. The first-order valence-electron chi connectivity index (χ1n) is 5.98. The summed E-state index contributed by atoms with van der Waals surface area (Å²) in [5, 5.41) is 10.5. The van der Waals surface area contributed by atoms with Crippen LogP contribution < -0.4 is 0 Å². The highest BCUT2D eigenvalue weighted by Gasteiger charge is 2.60. The van der Waals surface area contributed by atoms with Gasteiger partial charge in [0.1, 0.15) is 5.92 Å². The van der Waals surface area contributed by atoms with Crippen molar-refractivity contribution in [2.45, 2.75) is 33.5 Å². The molecule has 0 spiro atoms. The van der Waals surface area contributed by atoms with Crippen molar-refractivity contribution in [3.05, 3.63) is 12.7 Å². The highest BCUT2D eigenvalue weighted by Crippen LogP contribution is 2.48. The van der Waals surface area contributed by atoms with E-state index in [1.807, 2.05) is 20.8 Å². The van der Waals surface area contributed by atoms with E-state index in [1.165, 1.54) is 0 Å². The summed E-state index contributed by atoms with van der Waals surface area (Å²) in [6, 6.07) is 0. The van der Waals surface area contributed by atoms with Crippen LogP contribution in [0.4, 0.5) is 0 Å². The van der Waals surface area contributed by atoms with E-state index in [9.17, 15) is 9.90 Å². The molecule has 2 unspecified atom stereocenters. The molecular weight excluding hydrogens is 220 g/mol. The van der Waals surface area contributed by atoms with Crippen molar-refractivity contribution in [2.24, 2.45) is 17.3 Å². The van der Waals surface area contributed by atoms with Crippen LogP contribution in [0, 0.1) is 17.3 Å². The van der Waals surface area contributed by atoms with Gasteiger partial charge in [-0.1, -0.05) is 26.8 Å². The highest BCUT2D eigenvalue weighted by atomic mass is 16.6. The van der Waals surface area contributed by atoms with Crippen LogP contribution in [-0.2, 0) is 14.3 Å². The van der Waals surface area contributed by atoms with Crippen molar-refractivity contribution in [2.75, 3.05) is 13.2 Å². The molecule has 1 saturated heterocycles. The molecule has 1 heterocycles. The fourth-order valence-electron chi connectivity index (χ4n) is 2.25. The van der Waals surface area contributed by atoms with Crippen molar-refractivity contribution < 1.29 is 19.4 Å². The largest absolute Gasteiger partial charge is 0.466 e. The lowest BCUT2D eigenvalue weighted by Crippen LogP contribution is -2.48. The first-order chi connectivity index (χ1) is 7.81. The van der Waals surface area contributed by atoms with E-state index in [-0.39, 0.29) is 19.1 Å². The summed E-state index contributed by atoms with van der Waals surface area (Å²) in [5.74, 6) is -2.83. The minimum atomic E-state index is -1.48. The maximum absolute atomic E-state index is 12.0. The van der Waals surface area contributed by atoms with Gasteiger partial charge in [0.05, 0.1) is 13.2 Å². The Morgan fingerprint density at radius 1 is 1.71 bits per heavy atom. The molecule has 98 valence electrons. The van der Waals surface area contributed by atoms with Gasteiger partial charge < -0.3 is 14.6 Å². The van der Waals surface area contributed by atoms with Crippen LogP contribution in [0.1, 0.15) is 27.7 Å². The van der Waals surface area contributed by atoms with Crippen LogP contribution in [0.3, 0.4) is 0 Å². The van der Waals surface area contributed by atoms with Gasteiger partial charge in [0.25, 0.3) is 0 Å². The average molecular weight is 242 g/mol. The van der Waals surface area contributed by atoms with Crippen LogP contribution in [0.25, 0.3) is 0 Å². The molecule has 3 atom stereocenters. The first kappa shape index (κ1) is 14.2. The summed E-state index contributed by atoms with van der Waals surface area (Å²) in [6.45, 7) is 11.5. The number of esters is 1. The van der Waals surface area contributed by atoms with Gasteiger partial charge in [-0.05, 0) is 6.92 Å². The Labute approximate surface area is 103 Å². The fraction of sp³-hybridized carbons (Fsp3) is 0.769. The molecule has 4 nitrogen and oxygen atoms in total. The minimum absolute atomic E-state index is 0.196. The van der Waals surface area contributed by atoms with Gasteiger partial charge in [-0.25, -0.2) is 0 Å². The summed E-state index contributed by atoms with van der Waals surface area (Å²) in [4.78, 5) is 12.0. The Kier molecular flexibility index (Phi) is 3.99. The zero-order valence-corrected chi connectivity index (χ0v) is 11.0. The number of hydrogen-bond donors (Lipinski definition) is 1. The van der Waals surface area contributed by atoms with E-state index in [1.54, 1.807) is 13.0 Å². The molecule has 1 fully saturated rings. The quantitative estimate of drug-likeness (QED) is 0.602. The van der Waals surface area contributed by atoms with Gasteiger partial charge in [-0.15, -0.1) is 6.58 Å². The van der Waals surface area contributed by atoms with E-state index >= 15 is 0 Å². The average Bonchev–Trinajstić information content (AvgIpc) is 2.54. The molecule has 17 heavy (non-hydrogen) atoms. The van der Waals surface area contributed by atoms with Crippen LogP contribution in [0.15, 0.2) is 12.7 Å². The second-order valence-corrected chi connectivity index (χ2v) is 5.09. The molecule has 0 saturated carbocycles. The van der Waals surface area contributed by atoms with Crippen LogP contribution in [0.2, 0.25) is 0 Å². The van der Waals surface area contributed by atoms with E-state index < -0.39 is 23.1 Å². The molecular formula is C13H22O4. The molecule has 1 aliphatic rings. The summed E-state index contributed by atoms with van der Waals surface area (Å²) in [6.07, 6.45) is 1.66. The van der Waals surface area contributed by atoms with E-state index in [4.69, 9.17) is 9.47 Å². The third kappa shape index (κ3) is 2.24. The number of carbonyl (C=O) groups is 1. The molecule has 4 heteroatoms. The van der Waals surface area contributed by atoms with Gasteiger partial charge in [0, 0.05) is 11.3 Å². The molecule has 0 aromatic heterocycles. The maximum Gasteiger partial charge on any atom is 0.315 e. The SMILES string of the molecule is C=C[C@]1(C)COC(O)(C(C)C)C1C(=O)OCC. The van der Waals surface area contributed by atoms with Crippen molar-refractivity contribution in [3.63, 3.8) is 0 Å². The standard InChI is InChI=1S/C13H22O4/c1-6-12(5)8-17-13(15,9(3)4)10(12)11(14)16-7-2/h6,9-10,15H,1,7-8H2,2-5H3/t10?,12-,13?/m1/s1. The number of rotatable bonds is 4. The first-order valence-corrected chi connectivity index (χ1v) is 5.98. The Hall–Kier alpha value is -0.870. The van der Waals surface area contributed by atoms with Gasteiger partial charge in [0.2, 0.25) is 0 Å². The van der Waals surface area contributed by atoms with Gasteiger partial charge in [-0.3, -0.25) is 4.79 Å². The van der Waals surface area contributed by atoms with Crippen molar-refractivity contribution >= 4 is 5.97 Å². The lowest BCUT2D eigenvalue weighted by Gasteiger charge is -2.35. The predicted octanol–water partition coefficient (Wildman–Crippen LogP) is 1.73. The third-order valence-electron chi connectivity index (χ3n) is 3.50. The highest BCUT2D eigenvalue weighted by molar-refractivity contribution is 5.75. The molecule has 0 aliphatic carbocycles. The monoisotopic (exact) mass is 242 g/mol. The Morgan fingerprint density at radius 3 is 2.71 bits per heavy atom. The second-order valence-electron chi connectivity index (χ2n) is 5.09. The molecule has 1 N–H and O–H groups in total. The van der Waals surface area contributed by atoms with Crippen LogP contribution in [0.5, 0.6) is 0 Å². The number of ether oxygens (including phenoxy) is 2. The molecule has 0 aromatic carbocycles. The number of carbonyl (C=O) groups excluding carboxylic acids is 1. The van der Waals surface area contributed by atoms with Crippen LogP contribution in [-0.4, -0.2) is 30.1 Å². The Bertz CT molecular complexity index is 313. The second kappa shape index (κ2) is 4.78. The van der Waals surface area contributed by atoms with Gasteiger partial charge in [0.15, 0.2) is 5.79 Å². The predicted molar refractivity (Wildman–Crippen MR) is 64.2 cm³/mol. The Balaban J connectivity index is 3.11. The molecule has 1 rings (SSSR count). The van der Waals surface area contributed by atoms with E-state index in [2.05, 4.69) is 6.58 Å². The normalized spacial score (nSPS) is 37.2. The van der Waals surface area contributed by atoms with Crippen molar-refractivity contribution in [1.29, 1.82) is 0 Å². The summed E-state index contributed by atoms with van der Waals surface area (Å²) in [7, 11) is 0. The summed E-state index contributed by atoms with van der Waals surface area (Å²) < 4.78 is 10.5. The van der Waals surface area contributed by atoms with Crippen LogP contribution >= 0.6 is 0 Å². The summed E-state index contributed by atoms with van der Waals surface area (Å²) in [5.41, 5.74) is -0.592. The molecule has 0 aromatic rings. The molecule has 0 bridgehead atoms. The molecule has 0 amide bonds. The fourth-order valence-corrected chi connectivity index (χ4v) is 2.25. The van der Waals surface area contributed by atoms with E-state index in [0.29, 0.717) is 0 Å². The number of hydrogen-bond acceptors (Lipinski definition) is 4. The van der Waals surface area contributed by atoms with Crippen molar-refractivity contribution in [1.82, 2.24) is 0 Å². The van der Waals surface area contributed by atoms with Gasteiger partial charge in [-0.2, -0.15) is 0 Å². The van der Waals surface area contributed by atoms with E-state index in [0.717, 1.165) is 0 Å². The zero-order chi connectivity index (χ0) is 13.3. The van der Waals surface area contributed by atoms with Crippen molar-refractivity contribution in [3.8, 4) is 0 Å². The van der Waals surface area contributed by atoms with Gasteiger partial charge >= 0.3 is 5.97 Å². The lowest BCUT2D eigenvalue weighted by atomic mass is 9.73. The summed E-state index contributed by atoms with van der Waals surface area (Å²) >= 11 is 0. The zero-order valence-electron chi connectivity index (χ0n) is 11.0. The Morgan fingerprint density at radius 2 is 2.29 bits per heavy atom. The number of aliphatic hydroxyl groups is 1. The smallest absolute Gasteiger partial charge is 0.315 e. The molecule has 0 radical (unpaired) electrons.